The second-order valence-corrected chi connectivity index (χ2v) is 4.17. The van der Waals surface area contributed by atoms with Crippen molar-refractivity contribution in [2.24, 2.45) is 0 Å². The smallest absolute Gasteiger partial charge is 0.271 e. The van der Waals surface area contributed by atoms with Gasteiger partial charge in [-0.1, -0.05) is 0 Å². The average Bonchev–Trinajstić information content (AvgIpc) is 2.84. The highest BCUT2D eigenvalue weighted by Crippen LogP contribution is 2.24. The lowest BCUT2D eigenvalue weighted by molar-refractivity contribution is -0.384. The van der Waals surface area contributed by atoms with Crippen molar-refractivity contribution in [3.8, 4) is 11.4 Å². The monoisotopic (exact) mass is 275 g/mol. The molecule has 2 aromatic carbocycles. The van der Waals surface area contributed by atoms with Crippen LogP contribution in [0.1, 0.15) is 0 Å². The zero-order valence-corrected chi connectivity index (χ0v) is 9.93. The van der Waals surface area contributed by atoms with Crippen molar-refractivity contribution in [3.05, 3.63) is 58.1 Å². The molecular formula is C13H7F2N3O2. The molecule has 0 atom stereocenters. The Morgan fingerprint density at radius 1 is 1.10 bits per heavy atom. The van der Waals surface area contributed by atoms with Crippen LogP contribution in [0.4, 0.5) is 14.5 Å². The first-order chi connectivity index (χ1) is 9.54. The Morgan fingerprint density at radius 3 is 2.60 bits per heavy atom. The summed E-state index contributed by atoms with van der Waals surface area (Å²) in [6.45, 7) is 0. The summed E-state index contributed by atoms with van der Waals surface area (Å²) < 4.78 is 26.1. The Hall–Kier alpha value is -2.83. The number of H-pyrrole nitrogens is 1. The largest absolute Gasteiger partial charge is 0.338 e. The fraction of sp³-hybridized carbons (Fsp3) is 0. The first-order valence-electron chi connectivity index (χ1n) is 5.64. The molecule has 7 heteroatoms. The number of nitro groups is 1. The molecule has 1 heterocycles. The molecule has 0 unspecified atom stereocenters. The summed E-state index contributed by atoms with van der Waals surface area (Å²) in [5.74, 6) is -1.60. The van der Waals surface area contributed by atoms with Gasteiger partial charge in [-0.15, -0.1) is 0 Å². The molecule has 0 radical (unpaired) electrons. The fourth-order valence-electron chi connectivity index (χ4n) is 1.89. The molecule has 1 aromatic heterocycles. The maximum absolute atomic E-state index is 13.2. The minimum atomic E-state index is -0.978. The van der Waals surface area contributed by atoms with Gasteiger partial charge in [0.25, 0.3) is 5.69 Å². The van der Waals surface area contributed by atoms with Crippen LogP contribution in [0.2, 0.25) is 0 Å². The number of non-ortho nitro benzene ring substituents is 1. The molecule has 1 N–H and O–H groups in total. The predicted molar refractivity (Wildman–Crippen MR) is 68.1 cm³/mol. The van der Waals surface area contributed by atoms with Crippen molar-refractivity contribution in [3.63, 3.8) is 0 Å². The van der Waals surface area contributed by atoms with Gasteiger partial charge in [-0.3, -0.25) is 10.1 Å². The van der Waals surface area contributed by atoms with E-state index in [0.717, 1.165) is 12.1 Å². The molecule has 0 fully saturated rings. The third-order valence-corrected chi connectivity index (χ3v) is 2.87. The summed E-state index contributed by atoms with van der Waals surface area (Å²) in [5.41, 5.74) is 1.26. The molecule has 0 aliphatic carbocycles. The highest BCUT2D eigenvalue weighted by molar-refractivity contribution is 5.81. The summed E-state index contributed by atoms with van der Waals surface area (Å²) in [5, 5.41) is 10.7. The average molecular weight is 275 g/mol. The van der Waals surface area contributed by atoms with Gasteiger partial charge < -0.3 is 4.98 Å². The van der Waals surface area contributed by atoms with Gasteiger partial charge in [0, 0.05) is 17.7 Å². The maximum Gasteiger partial charge on any atom is 0.271 e. The van der Waals surface area contributed by atoms with Crippen LogP contribution in [-0.4, -0.2) is 14.9 Å². The van der Waals surface area contributed by atoms with Crippen LogP contribution in [-0.2, 0) is 0 Å². The van der Waals surface area contributed by atoms with E-state index >= 15 is 0 Å². The molecule has 3 rings (SSSR count). The van der Waals surface area contributed by atoms with Crippen LogP contribution >= 0.6 is 0 Å². The predicted octanol–water partition coefficient (Wildman–Crippen LogP) is 3.42. The second-order valence-electron chi connectivity index (χ2n) is 4.17. The van der Waals surface area contributed by atoms with E-state index in [1.807, 2.05) is 0 Å². The van der Waals surface area contributed by atoms with E-state index in [1.54, 1.807) is 0 Å². The SMILES string of the molecule is O=[N+]([O-])c1ccc2nc(-c3ccc(F)c(F)c3)[nH]c2c1. The molecule has 0 bridgehead atoms. The van der Waals surface area contributed by atoms with Crippen LogP contribution in [0, 0.1) is 21.7 Å². The Labute approximate surface area is 111 Å². The van der Waals surface area contributed by atoms with Gasteiger partial charge in [0.15, 0.2) is 11.6 Å². The number of aromatic amines is 1. The van der Waals surface area contributed by atoms with E-state index in [2.05, 4.69) is 9.97 Å². The normalized spacial score (nSPS) is 10.9. The number of imidazole rings is 1. The summed E-state index contributed by atoms with van der Waals surface area (Å²) in [4.78, 5) is 17.2. The van der Waals surface area contributed by atoms with Crippen molar-refractivity contribution in [1.29, 1.82) is 0 Å². The molecular weight excluding hydrogens is 268 g/mol. The van der Waals surface area contributed by atoms with Crippen LogP contribution in [0.3, 0.4) is 0 Å². The molecule has 0 spiro atoms. The van der Waals surface area contributed by atoms with Gasteiger partial charge in [0.1, 0.15) is 5.82 Å². The minimum Gasteiger partial charge on any atom is -0.338 e. The third kappa shape index (κ3) is 1.99. The standard InChI is InChI=1S/C13H7F2N3O2/c14-9-3-1-7(5-10(9)15)13-16-11-4-2-8(18(19)20)6-12(11)17-13/h1-6H,(H,16,17). The van der Waals surface area contributed by atoms with Crippen LogP contribution < -0.4 is 0 Å². The summed E-state index contributed by atoms with van der Waals surface area (Å²) in [7, 11) is 0. The van der Waals surface area contributed by atoms with Crippen LogP contribution in [0.15, 0.2) is 36.4 Å². The van der Waals surface area contributed by atoms with Crippen LogP contribution in [0.25, 0.3) is 22.4 Å². The quantitative estimate of drug-likeness (QED) is 0.575. The van der Waals surface area contributed by atoms with Crippen molar-refractivity contribution < 1.29 is 13.7 Å². The Balaban J connectivity index is 2.12. The third-order valence-electron chi connectivity index (χ3n) is 2.87. The number of aromatic nitrogens is 2. The van der Waals surface area contributed by atoms with Gasteiger partial charge in [0.2, 0.25) is 0 Å². The van der Waals surface area contributed by atoms with E-state index < -0.39 is 16.6 Å². The maximum atomic E-state index is 13.2. The van der Waals surface area contributed by atoms with Gasteiger partial charge in [0.05, 0.1) is 16.0 Å². The highest BCUT2D eigenvalue weighted by atomic mass is 19.2. The lowest BCUT2D eigenvalue weighted by Crippen LogP contribution is -1.86. The van der Waals surface area contributed by atoms with E-state index in [-0.39, 0.29) is 5.69 Å². The summed E-state index contributed by atoms with van der Waals surface area (Å²) in [6.07, 6.45) is 0. The number of benzene rings is 2. The van der Waals surface area contributed by atoms with Crippen LogP contribution in [0.5, 0.6) is 0 Å². The molecule has 5 nitrogen and oxygen atoms in total. The lowest BCUT2D eigenvalue weighted by Gasteiger charge is -1.97. The Morgan fingerprint density at radius 2 is 1.90 bits per heavy atom. The number of hydrogen-bond donors (Lipinski definition) is 1. The molecule has 20 heavy (non-hydrogen) atoms. The number of nitrogens with one attached hydrogen (secondary N) is 1. The van der Waals surface area contributed by atoms with Crippen molar-refractivity contribution in [2.45, 2.75) is 0 Å². The Bertz CT molecular complexity index is 830. The van der Waals surface area contributed by atoms with Gasteiger partial charge in [-0.25, -0.2) is 13.8 Å². The fourth-order valence-corrected chi connectivity index (χ4v) is 1.89. The van der Waals surface area contributed by atoms with E-state index in [9.17, 15) is 18.9 Å². The molecule has 0 saturated heterocycles. The molecule has 0 aliphatic heterocycles. The zero-order chi connectivity index (χ0) is 14.3. The van der Waals surface area contributed by atoms with Crippen molar-refractivity contribution in [1.82, 2.24) is 9.97 Å². The Kier molecular flexibility index (Phi) is 2.67. The lowest BCUT2D eigenvalue weighted by atomic mass is 10.2. The van der Waals surface area contributed by atoms with E-state index in [4.69, 9.17) is 0 Å². The minimum absolute atomic E-state index is 0.0713. The van der Waals surface area contributed by atoms with Crippen molar-refractivity contribution >= 4 is 16.7 Å². The van der Waals surface area contributed by atoms with E-state index in [0.29, 0.717) is 22.4 Å². The second kappa shape index (κ2) is 4.37. The summed E-state index contributed by atoms with van der Waals surface area (Å²) >= 11 is 0. The first kappa shape index (κ1) is 12.2. The molecule has 0 amide bonds. The number of rotatable bonds is 2. The first-order valence-corrected chi connectivity index (χ1v) is 5.64. The van der Waals surface area contributed by atoms with Gasteiger partial charge in [-0.2, -0.15) is 0 Å². The summed E-state index contributed by atoms with van der Waals surface area (Å²) in [6, 6.07) is 7.56. The number of nitro benzene ring substituents is 1. The number of fused-ring (bicyclic) bond motifs is 1. The molecule has 100 valence electrons. The van der Waals surface area contributed by atoms with E-state index in [1.165, 1.54) is 24.3 Å². The highest BCUT2D eigenvalue weighted by Gasteiger charge is 2.12. The van der Waals surface area contributed by atoms with Gasteiger partial charge in [-0.05, 0) is 24.3 Å². The molecule has 0 saturated carbocycles. The molecule has 3 aromatic rings. The van der Waals surface area contributed by atoms with Crippen molar-refractivity contribution in [2.75, 3.05) is 0 Å². The number of hydrogen-bond acceptors (Lipinski definition) is 3. The number of halogens is 2. The molecule has 0 aliphatic rings. The zero-order valence-electron chi connectivity index (χ0n) is 9.93. The number of nitrogens with zero attached hydrogens (tertiary/aromatic N) is 2. The van der Waals surface area contributed by atoms with Gasteiger partial charge >= 0.3 is 0 Å². The topological polar surface area (TPSA) is 71.8 Å².